The van der Waals surface area contributed by atoms with Crippen molar-refractivity contribution in [2.24, 2.45) is 0 Å². The molecule has 0 fully saturated rings. The summed E-state index contributed by atoms with van der Waals surface area (Å²) in [5.74, 6) is 0. The predicted octanol–water partition coefficient (Wildman–Crippen LogP) is 4.31. The Labute approximate surface area is 127 Å². The third-order valence-corrected chi connectivity index (χ3v) is 3.50. The van der Waals surface area contributed by atoms with Crippen molar-refractivity contribution < 1.29 is 4.79 Å². The van der Waals surface area contributed by atoms with Gasteiger partial charge in [0.05, 0.1) is 11.3 Å². The van der Waals surface area contributed by atoms with Crippen molar-refractivity contribution in [3.63, 3.8) is 0 Å². The normalized spacial score (nSPS) is 10.6. The number of carbonyl (C=O) groups excluding carboxylic acids is 1. The maximum Gasteiger partial charge on any atom is 0.153 e. The van der Waals surface area contributed by atoms with Crippen LogP contribution >= 0.6 is 11.6 Å². The van der Waals surface area contributed by atoms with Gasteiger partial charge in [-0.15, -0.1) is 0 Å². The lowest BCUT2D eigenvalue weighted by Crippen LogP contribution is -1.94. The molecule has 0 radical (unpaired) electrons. The van der Waals surface area contributed by atoms with Crippen molar-refractivity contribution in [2.45, 2.75) is 6.92 Å². The van der Waals surface area contributed by atoms with Crippen LogP contribution in [0.4, 0.5) is 0 Å². The molecule has 0 saturated heterocycles. The molecule has 0 unspecified atom stereocenters. The van der Waals surface area contributed by atoms with Gasteiger partial charge in [0.25, 0.3) is 0 Å². The first-order valence-corrected chi connectivity index (χ1v) is 6.93. The Morgan fingerprint density at radius 2 is 1.90 bits per heavy atom. The Kier molecular flexibility index (Phi) is 3.59. The summed E-state index contributed by atoms with van der Waals surface area (Å²) in [6, 6.07) is 15.3. The lowest BCUT2D eigenvalue weighted by Gasteiger charge is -2.02. The van der Waals surface area contributed by atoms with E-state index in [0.717, 1.165) is 17.5 Å². The van der Waals surface area contributed by atoms with Crippen LogP contribution in [-0.2, 0) is 0 Å². The van der Waals surface area contributed by atoms with Crippen LogP contribution in [0.25, 0.3) is 16.9 Å². The Balaban J connectivity index is 2.10. The summed E-state index contributed by atoms with van der Waals surface area (Å²) in [7, 11) is 0. The molecule has 0 amide bonds. The van der Waals surface area contributed by atoms with Gasteiger partial charge in [0.1, 0.15) is 5.69 Å². The number of hydrogen-bond acceptors (Lipinski definition) is 2. The molecule has 3 rings (SSSR count). The van der Waals surface area contributed by atoms with Gasteiger partial charge in [-0.2, -0.15) is 5.10 Å². The second-order valence-corrected chi connectivity index (χ2v) is 5.28. The monoisotopic (exact) mass is 296 g/mol. The quantitative estimate of drug-likeness (QED) is 0.675. The van der Waals surface area contributed by atoms with Gasteiger partial charge in [0, 0.05) is 16.8 Å². The molecule has 0 aliphatic carbocycles. The van der Waals surface area contributed by atoms with Crippen molar-refractivity contribution >= 4 is 17.9 Å². The second kappa shape index (κ2) is 5.54. The minimum absolute atomic E-state index is 0.540. The van der Waals surface area contributed by atoms with Gasteiger partial charge in [-0.25, -0.2) is 4.68 Å². The van der Waals surface area contributed by atoms with E-state index in [1.807, 2.05) is 43.3 Å². The third-order valence-electron chi connectivity index (χ3n) is 3.27. The highest BCUT2D eigenvalue weighted by Gasteiger charge is 2.11. The first-order chi connectivity index (χ1) is 10.2. The second-order valence-electron chi connectivity index (χ2n) is 4.84. The Morgan fingerprint density at radius 1 is 1.14 bits per heavy atom. The Morgan fingerprint density at radius 3 is 2.57 bits per heavy atom. The number of aryl methyl sites for hydroxylation is 1. The van der Waals surface area contributed by atoms with E-state index in [1.54, 1.807) is 23.0 Å². The Hall–Kier alpha value is -2.39. The van der Waals surface area contributed by atoms with Crippen LogP contribution in [0, 0.1) is 6.92 Å². The summed E-state index contributed by atoms with van der Waals surface area (Å²) < 4.78 is 1.71. The van der Waals surface area contributed by atoms with Crippen LogP contribution in [0.5, 0.6) is 0 Å². The lowest BCUT2D eigenvalue weighted by molar-refractivity contribution is 0.112. The first kappa shape index (κ1) is 13.6. The van der Waals surface area contributed by atoms with Gasteiger partial charge in [0.15, 0.2) is 6.29 Å². The van der Waals surface area contributed by atoms with E-state index >= 15 is 0 Å². The minimum Gasteiger partial charge on any atom is -0.298 e. The van der Waals surface area contributed by atoms with Crippen molar-refractivity contribution in [1.82, 2.24) is 9.78 Å². The molecule has 104 valence electrons. The van der Waals surface area contributed by atoms with Crippen LogP contribution in [0.15, 0.2) is 54.7 Å². The summed E-state index contributed by atoms with van der Waals surface area (Å²) in [5, 5.41) is 5.14. The fraction of sp³-hybridized carbons (Fsp3) is 0.0588. The van der Waals surface area contributed by atoms with E-state index in [0.29, 0.717) is 16.3 Å². The van der Waals surface area contributed by atoms with E-state index in [1.165, 1.54) is 5.56 Å². The SMILES string of the molecule is Cc1ccc(-n2cc(C=O)c(-c3cccc(Cl)c3)n2)cc1. The minimum atomic E-state index is 0.540. The zero-order valence-electron chi connectivity index (χ0n) is 11.5. The number of halogens is 1. The molecule has 0 N–H and O–H groups in total. The molecule has 4 heteroatoms. The van der Waals surface area contributed by atoms with Crippen LogP contribution < -0.4 is 0 Å². The zero-order chi connectivity index (χ0) is 14.8. The van der Waals surface area contributed by atoms with Crippen LogP contribution in [0.2, 0.25) is 5.02 Å². The average Bonchev–Trinajstić information content (AvgIpc) is 2.92. The molecule has 3 nitrogen and oxygen atoms in total. The Bertz CT molecular complexity index is 791. The fourth-order valence-corrected chi connectivity index (χ4v) is 2.35. The average molecular weight is 297 g/mol. The van der Waals surface area contributed by atoms with Crippen LogP contribution in [0.1, 0.15) is 15.9 Å². The van der Waals surface area contributed by atoms with Crippen molar-refractivity contribution in [3.05, 3.63) is 70.9 Å². The van der Waals surface area contributed by atoms with E-state index in [4.69, 9.17) is 11.6 Å². The molecule has 0 saturated carbocycles. The number of benzene rings is 2. The highest BCUT2D eigenvalue weighted by Crippen LogP contribution is 2.25. The van der Waals surface area contributed by atoms with Crippen molar-refractivity contribution in [1.29, 1.82) is 0 Å². The standard InChI is InChI=1S/C17H13ClN2O/c1-12-5-7-16(8-6-12)20-10-14(11-21)17(19-20)13-3-2-4-15(18)9-13/h2-11H,1H3. The molecular weight excluding hydrogens is 284 g/mol. The highest BCUT2D eigenvalue weighted by molar-refractivity contribution is 6.30. The molecule has 21 heavy (non-hydrogen) atoms. The molecule has 0 spiro atoms. The largest absolute Gasteiger partial charge is 0.298 e. The number of aldehydes is 1. The molecule has 2 aromatic carbocycles. The maximum absolute atomic E-state index is 11.3. The number of aromatic nitrogens is 2. The number of rotatable bonds is 3. The number of hydrogen-bond donors (Lipinski definition) is 0. The van der Waals surface area contributed by atoms with E-state index in [2.05, 4.69) is 5.10 Å². The summed E-state index contributed by atoms with van der Waals surface area (Å²) in [6.07, 6.45) is 2.54. The molecule has 1 aromatic heterocycles. The molecule has 0 atom stereocenters. The molecule has 0 aliphatic heterocycles. The van der Waals surface area contributed by atoms with Gasteiger partial charge in [-0.05, 0) is 31.2 Å². The van der Waals surface area contributed by atoms with Gasteiger partial charge >= 0.3 is 0 Å². The van der Waals surface area contributed by atoms with Crippen LogP contribution in [0.3, 0.4) is 0 Å². The summed E-state index contributed by atoms with van der Waals surface area (Å²) in [6.45, 7) is 2.03. The summed E-state index contributed by atoms with van der Waals surface area (Å²) in [4.78, 5) is 11.3. The molecule has 1 heterocycles. The summed E-state index contributed by atoms with van der Waals surface area (Å²) in [5.41, 5.74) is 4.09. The van der Waals surface area contributed by atoms with E-state index in [9.17, 15) is 4.79 Å². The van der Waals surface area contributed by atoms with E-state index in [-0.39, 0.29) is 0 Å². The lowest BCUT2D eigenvalue weighted by atomic mass is 10.1. The highest BCUT2D eigenvalue weighted by atomic mass is 35.5. The third kappa shape index (κ3) is 2.73. The number of nitrogens with zero attached hydrogens (tertiary/aromatic N) is 2. The van der Waals surface area contributed by atoms with Gasteiger partial charge in [0.2, 0.25) is 0 Å². The molecule has 0 aliphatic rings. The zero-order valence-corrected chi connectivity index (χ0v) is 12.2. The van der Waals surface area contributed by atoms with Crippen molar-refractivity contribution in [2.75, 3.05) is 0 Å². The van der Waals surface area contributed by atoms with Crippen molar-refractivity contribution in [3.8, 4) is 16.9 Å². The smallest absolute Gasteiger partial charge is 0.153 e. The van der Waals surface area contributed by atoms with Gasteiger partial charge < -0.3 is 0 Å². The topological polar surface area (TPSA) is 34.9 Å². The molecular formula is C17H13ClN2O. The van der Waals surface area contributed by atoms with Gasteiger partial charge in [-0.3, -0.25) is 4.79 Å². The predicted molar refractivity (Wildman–Crippen MR) is 84.1 cm³/mol. The first-order valence-electron chi connectivity index (χ1n) is 6.55. The summed E-state index contributed by atoms with van der Waals surface area (Å²) >= 11 is 6.01. The number of carbonyl (C=O) groups is 1. The van der Waals surface area contributed by atoms with E-state index < -0.39 is 0 Å². The van der Waals surface area contributed by atoms with Gasteiger partial charge in [-0.1, -0.05) is 41.4 Å². The molecule has 0 bridgehead atoms. The van der Waals surface area contributed by atoms with Crippen LogP contribution in [-0.4, -0.2) is 16.1 Å². The fourth-order valence-electron chi connectivity index (χ4n) is 2.16. The maximum atomic E-state index is 11.3. The molecule has 3 aromatic rings.